The van der Waals surface area contributed by atoms with Crippen LogP contribution in [0.2, 0.25) is 0 Å². The molecule has 1 aromatic carbocycles. The molecular weight excluding hydrogens is 382 g/mol. The number of hydrogen-bond donors (Lipinski definition) is 2. The van der Waals surface area contributed by atoms with E-state index in [2.05, 4.69) is 0 Å². The number of aliphatic hydroxyl groups is 1. The first-order valence-corrected chi connectivity index (χ1v) is 9.04. The molecule has 2 N–H and O–H groups in total. The van der Waals surface area contributed by atoms with Crippen LogP contribution in [0.4, 0.5) is 23.2 Å². The number of aromatic amines is 1. The summed E-state index contributed by atoms with van der Waals surface area (Å²) in [5.41, 5.74) is -3.05. The van der Waals surface area contributed by atoms with Gasteiger partial charge in [0.15, 0.2) is 5.82 Å². The van der Waals surface area contributed by atoms with Crippen LogP contribution in [-0.4, -0.2) is 40.5 Å². The highest BCUT2D eigenvalue weighted by atomic mass is 19.3. The zero-order valence-electron chi connectivity index (χ0n) is 15.0. The average Bonchev–Trinajstić information content (AvgIpc) is 3.38. The number of H-pyrrole nitrogens is 1. The Morgan fingerprint density at radius 3 is 2.46 bits per heavy atom. The molecule has 4 rings (SSSR count). The zero-order chi connectivity index (χ0) is 20.3. The summed E-state index contributed by atoms with van der Waals surface area (Å²) in [7, 11) is 0. The normalized spacial score (nSPS) is 22.6. The van der Waals surface area contributed by atoms with Crippen LogP contribution in [0.5, 0.6) is 0 Å². The third kappa shape index (κ3) is 2.73. The minimum atomic E-state index is -3.30. The Bertz CT molecular complexity index is 1060. The van der Waals surface area contributed by atoms with Gasteiger partial charge in [-0.2, -0.15) is 0 Å². The molecule has 1 saturated heterocycles. The van der Waals surface area contributed by atoms with Crippen LogP contribution in [0.1, 0.15) is 36.4 Å². The number of halogens is 4. The summed E-state index contributed by atoms with van der Waals surface area (Å²) in [6.45, 7) is 0.655. The molecule has 1 aliphatic heterocycles. The van der Waals surface area contributed by atoms with Gasteiger partial charge in [0.05, 0.1) is 28.8 Å². The third-order valence-electron chi connectivity index (χ3n) is 5.61. The number of alkyl halides is 3. The second-order valence-electron chi connectivity index (χ2n) is 7.45. The number of nitrogens with zero attached hydrogens (tertiary/aromatic N) is 2. The molecule has 6 nitrogen and oxygen atoms in total. The van der Waals surface area contributed by atoms with Gasteiger partial charge in [0.2, 0.25) is 0 Å². The quantitative estimate of drug-likeness (QED) is 0.770. The fraction of sp³-hybridized carbons (Fsp3) is 0.556. The molecule has 1 saturated carbocycles. The lowest BCUT2D eigenvalue weighted by Crippen LogP contribution is -2.32. The summed E-state index contributed by atoms with van der Waals surface area (Å²) in [5.74, 6) is -2.06. The second-order valence-corrected chi connectivity index (χ2v) is 7.45. The van der Waals surface area contributed by atoms with Crippen LogP contribution in [-0.2, 0) is 0 Å². The van der Waals surface area contributed by atoms with E-state index in [0.717, 1.165) is 0 Å². The van der Waals surface area contributed by atoms with Crippen molar-refractivity contribution in [2.45, 2.75) is 38.4 Å². The second kappa shape index (κ2) is 6.61. The monoisotopic (exact) mass is 401 g/mol. The summed E-state index contributed by atoms with van der Waals surface area (Å²) in [6.07, 6.45) is -3.47. The van der Waals surface area contributed by atoms with Crippen LogP contribution in [0, 0.1) is 18.7 Å². The maximum Gasteiger partial charge on any atom is 0.329 e. The third-order valence-corrected chi connectivity index (χ3v) is 5.61. The van der Waals surface area contributed by atoms with Crippen LogP contribution in [0.15, 0.2) is 9.59 Å². The molecule has 2 unspecified atom stereocenters. The van der Waals surface area contributed by atoms with Gasteiger partial charge in [-0.25, -0.2) is 22.4 Å². The highest BCUT2D eigenvalue weighted by Gasteiger charge is 2.38. The molecule has 0 amide bonds. The lowest BCUT2D eigenvalue weighted by molar-refractivity contribution is 0.148. The number of anilines is 1. The zero-order valence-corrected chi connectivity index (χ0v) is 15.0. The molecule has 0 radical (unpaired) electrons. The van der Waals surface area contributed by atoms with E-state index >= 15 is 4.39 Å². The van der Waals surface area contributed by atoms with Crippen molar-refractivity contribution in [1.29, 1.82) is 0 Å². The van der Waals surface area contributed by atoms with Gasteiger partial charge in [-0.3, -0.25) is 14.3 Å². The molecule has 152 valence electrons. The van der Waals surface area contributed by atoms with Gasteiger partial charge in [0, 0.05) is 30.6 Å². The average molecular weight is 401 g/mol. The Kier molecular flexibility index (Phi) is 4.48. The van der Waals surface area contributed by atoms with Crippen molar-refractivity contribution in [3.8, 4) is 0 Å². The van der Waals surface area contributed by atoms with Gasteiger partial charge in [-0.15, -0.1) is 0 Å². The summed E-state index contributed by atoms with van der Waals surface area (Å²) < 4.78 is 58.1. The van der Waals surface area contributed by atoms with Crippen LogP contribution in [0.3, 0.4) is 0 Å². The van der Waals surface area contributed by atoms with Crippen molar-refractivity contribution in [3.05, 3.63) is 37.8 Å². The van der Waals surface area contributed by atoms with E-state index in [1.165, 1.54) is 16.4 Å². The number of aryl methyl sites for hydroxylation is 1. The first-order chi connectivity index (χ1) is 13.3. The molecule has 1 aliphatic carbocycles. The van der Waals surface area contributed by atoms with Gasteiger partial charge in [-0.05, 0) is 19.8 Å². The molecule has 1 aromatic heterocycles. The molecule has 10 heteroatoms. The van der Waals surface area contributed by atoms with Gasteiger partial charge in [-0.1, -0.05) is 0 Å². The smallest absolute Gasteiger partial charge is 0.329 e. The van der Waals surface area contributed by atoms with Gasteiger partial charge in [0.25, 0.3) is 12.0 Å². The van der Waals surface area contributed by atoms with E-state index in [1.54, 1.807) is 0 Å². The lowest BCUT2D eigenvalue weighted by atomic mass is 10.0. The summed E-state index contributed by atoms with van der Waals surface area (Å²) >= 11 is 0. The Balaban J connectivity index is 2.08. The lowest BCUT2D eigenvalue weighted by Gasteiger charge is -2.25. The Labute approximate surface area is 156 Å². The Morgan fingerprint density at radius 1 is 1.25 bits per heavy atom. The fourth-order valence-corrected chi connectivity index (χ4v) is 4.13. The Hall–Kier alpha value is -2.36. The highest BCUT2D eigenvalue weighted by Crippen LogP contribution is 2.43. The molecule has 2 heterocycles. The van der Waals surface area contributed by atoms with E-state index < -0.39 is 53.1 Å². The van der Waals surface area contributed by atoms with Crippen molar-refractivity contribution in [3.63, 3.8) is 0 Å². The van der Waals surface area contributed by atoms with Crippen LogP contribution in [0.25, 0.3) is 10.9 Å². The minimum Gasteiger partial charge on any atom is -0.396 e. The maximum absolute atomic E-state index is 15.2. The van der Waals surface area contributed by atoms with Crippen molar-refractivity contribution >= 4 is 16.6 Å². The number of nitrogens with one attached hydrogen (secondary N) is 1. The first kappa shape index (κ1) is 19.0. The van der Waals surface area contributed by atoms with E-state index in [9.17, 15) is 27.9 Å². The van der Waals surface area contributed by atoms with E-state index in [0.29, 0.717) is 12.8 Å². The molecule has 2 aromatic rings. The number of benzene rings is 1. The van der Waals surface area contributed by atoms with Crippen LogP contribution < -0.4 is 16.1 Å². The molecule has 2 aliphatic rings. The van der Waals surface area contributed by atoms with E-state index in [-0.39, 0.29) is 35.9 Å². The van der Waals surface area contributed by atoms with Crippen LogP contribution >= 0.6 is 0 Å². The van der Waals surface area contributed by atoms with Gasteiger partial charge in [0.1, 0.15) is 6.17 Å². The number of aliphatic hydroxyl groups excluding tert-OH is 1. The number of rotatable bonds is 4. The van der Waals surface area contributed by atoms with Crippen molar-refractivity contribution in [2.24, 2.45) is 5.92 Å². The van der Waals surface area contributed by atoms with E-state index in [4.69, 9.17) is 0 Å². The minimum absolute atomic E-state index is 0.0363. The molecular formula is C18H19F4N3O3. The number of aromatic nitrogens is 2. The molecule has 2 atom stereocenters. The molecule has 0 bridgehead atoms. The van der Waals surface area contributed by atoms with Gasteiger partial charge >= 0.3 is 5.69 Å². The first-order valence-electron chi connectivity index (χ1n) is 9.04. The summed E-state index contributed by atoms with van der Waals surface area (Å²) in [5, 5.41) is 8.73. The predicted octanol–water partition coefficient (Wildman–Crippen LogP) is 2.18. The predicted molar refractivity (Wildman–Crippen MR) is 94.4 cm³/mol. The van der Waals surface area contributed by atoms with Gasteiger partial charge < -0.3 is 10.0 Å². The highest BCUT2D eigenvalue weighted by molar-refractivity contribution is 5.90. The molecule has 2 fully saturated rings. The number of hydrogen-bond acceptors (Lipinski definition) is 4. The summed E-state index contributed by atoms with van der Waals surface area (Å²) in [6, 6.07) is -0.257. The molecule has 28 heavy (non-hydrogen) atoms. The van der Waals surface area contributed by atoms with E-state index in [1.807, 2.05) is 4.98 Å². The standard InChI is InChI=1S/C18H19F4N3O3/c1-7-14-12(17(27)23-18(28)25(14)9-2-3-9)11(16(21)22)13(20)15(7)24-4-8(6-26)10(19)5-24/h8-10,16,26H,2-6H2,1H3,(H,23,27,28). The van der Waals surface area contributed by atoms with Crippen molar-refractivity contribution in [1.82, 2.24) is 9.55 Å². The largest absolute Gasteiger partial charge is 0.396 e. The van der Waals surface area contributed by atoms with Crippen molar-refractivity contribution < 1.29 is 22.7 Å². The molecule has 0 spiro atoms. The maximum atomic E-state index is 15.2. The number of fused-ring (bicyclic) bond motifs is 1. The SMILES string of the molecule is Cc1c(N2CC(F)C(CO)C2)c(F)c(C(F)F)c2c(=O)[nH]c(=O)n(C3CC3)c12. The van der Waals surface area contributed by atoms with Crippen molar-refractivity contribution in [2.75, 3.05) is 24.6 Å². The topological polar surface area (TPSA) is 78.3 Å². The fourth-order valence-electron chi connectivity index (χ4n) is 4.13. The Morgan fingerprint density at radius 2 is 1.93 bits per heavy atom. The summed E-state index contributed by atoms with van der Waals surface area (Å²) in [4.78, 5) is 28.0.